The molecule has 43 heavy (non-hydrogen) atoms. The van der Waals surface area contributed by atoms with Crippen LogP contribution in [-0.2, 0) is 24.7 Å². The first kappa shape index (κ1) is 29.8. The van der Waals surface area contributed by atoms with Gasteiger partial charge in [0.2, 0.25) is 0 Å². The predicted octanol–water partition coefficient (Wildman–Crippen LogP) is 3.69. The van der Waals surface area contributed by atoms with Crippen LogP contribution in [0.15, 0.2) is 60.7 Å². The third-order valence-electron chi connectivity index (χ3n) is 9.73. The van der Waals surface area contributed by atoms with Crippen LogP contribution in [0.5, 0.6) is 0 Å². The van der Waals surface area contributed by atoms with Crippen molar-refractivity contribution < 1.29 is 34.1 Å². The van der Waals surface area contributed by atoms with E-state index in [9.17, 15) is 19.8 Å². The molecule has 0 spiro atoms. The molecular formula is C31H37ClN4O7. The second kappa shape index (κ2) is 10.7. The zero-order valence-corrected chi connectivity index (χ0v) is 25.3. The van der Waals surface area contributed by atoms with Crippen LogP contribution in [-0.4, -0.2) is 69.0 Å². The molecule has 3 N–H and O–H groups in total. The van der Waals surface area contributed by atoms with Gasteiger partial charge in [0.1, 0.15) is 23.6 Å². The highest BCUT2D eigenvalue weighted by atomic mass is 35.5. The lowest BCUT2D eigenvalue weighted by Gasteiger charge is -2.55. The van der Waals surface area contributed by atoms with Crippen LogP contribution in [0.2, 0.25) is 5.02 Å². The molecule has 1 saturated carbocycles. The van der Waals surface area contributed by atoms with Crippen LogP contribution in [0, 0.1) is 17.8 Å². The Morgan fingerprint density at radius 2 is 2.02 bits per heavy atom. The minimum absolute atomic E-state index is 0.0546. The Hall–Kier alpha value is -3.22. The van der Waals surface area contributed by atoms with E-state index in [-0.39, 0.29) is 18.3 Å². The van der Waals surface area contributed by atoms with Gasteiger partial charge >= 0.3 is 12.1 Å². The molecule has 12 heteroatoms. The summed E-state index contributed by atoms with van der Waals surface area (Å²) in [5, 5.41) is 29.3. The van der Waals surface area contributed by atoms with Crippen molar-refractivity contribution >= 4 is 29.4 Å². The number of halogens is 1. The average Bonchev–Trinajstić information content (AvgIpc) is 3.61. The van der Waals surface area contributed by atoms with E-state index in [0.717, 1.165) is 12.0 Å². The minimum atomic E-state index is -1.57. The number of esters is 1. The molecular weight excluding hydrogens is 576 g/mol. The second-order valence-electron chi connectivity index (χ2n) is 12.4. The normalized spacial score (nSPS) is 36.6. The number of aromatic nitrogens is 2. The van der Waals surface area contributed by atoms with Crippen LogP contribution in [0.25, 0.3) is 0 Å². The summed E-state index contributed by atoms with van der Waals surface area (Å²) in [7, 11) is 1.67. The van der Waals surface area contributed by atoms with E-state index in [4.69, 9.17) is 25.9 Å². The Kier molecular flexibility index (Phi) is 7.45. The van der Waals surface area contributed by atoms with Crippen molar-refractivity contribution in [2.45, 2.75) is 75.7 Å². The number of fused-ring (bicyclic) bond motifs is 4. The van der Waals surface area contributed by atoms with Gasteiger partial charge in [-0.25, -0.2) is 14.3 Å². The van der Waals surface area contributed by atoms with Crippen molar-refractivity contribution in [2.24, 2.45) is 17.8 Å². The van der Waals surface area contributed by atoms with Crippen LogP contribution < -0.4 is 10.4 Å². The van der Waals surface area contributed by atoms with Gasteiger partial charge < -0.3 is 19.7 Å². The Morgan fingerprint density at radius 1 is 1.26 bits per heavy atom. The van der Waals surface area contributed by atoms with E-state index in [2.05, 4.69) is 16.9 Å². The van der Waals surface area contributed by atoms with Crippen LogP contribution in [0.3, 0.4) is 0 Å². The van der Waals surface area contributed by atoms with Gasteiger partial charge in [-0.3, -0.25) is 20.0 Å². The number of benzene rings is 1. The zero-order chi connectivity index (χ0) is 30.8. The van der Waals surface area contributed by atoms with Gasteiger partial charge in [0, 0.05) is 37.3 Å². The monoisotopic (exact) mass is 612 g/mol. The summed E-state index contributed by atoms with van der Waals surface area (Å²) < 4.78 is 13.3. The van der Waals surface area contributed by atoms with Gasteiger partial charge in [-0.05, 0) is 50.2 Å². The quantitative estimate of drug-likeness (QED) is 0.346. The van der Waals surface area contributed by atoms with E-state index in [1.54, 1.807) is 32.2 Å². The first-order valence-electron chi connectivity index (χ1n) is 14.5. The number of para-hydroxylation sites is 1. The van der Waals surface area contributed by atoms with Crippen molar-refractivity contribution in [2.75, 3.05) is 12.1 Å². The fraction of sp³-hybridized carbons (Fsp3) is 0.516. The highest BCUT2D eigenvalue weighted by Crippen LogP contribution is 2.53. The Labute approximate surface area is 255 Å². The molecule has 9 atom stereocenters. The number of carbonyl (C=O) groups excluding carboxylic acids is 2. The maximum atomic E-state index is 14.0. The van der Waals surface area contributed by atoms with Crippen LogP contribution in [0.1, 0.15) is 45.6 Å². The molecule has 1 aromatic carbocycles. The first-order chi connectivity index (χ1) is 20.4. The number of rotatable bonds is 4. The fourth-order valence-electron chi connectivity index (χ4n) is 7.39. The maximum absolute atomic E-state index is 14.0. The van der Waals surface area contributed by atoms with E-state index < -0.39 is 53.7 Å². The average molecular weight is 613 g/mol. The van der Waals surface area contributed by atoms with E-state index in [1.807, 2.05) is 19.9 Å². The number of allylic oxidation sites excluding steroid dienone is 1. The second-order valence-corrected chi connectivity index (χ2v) is 12.8. The summed E-state index contributed by atoms with van der Waals surface area (Å²) >= 11 is 6.42. The summed E-state index contributed by atoms with van der Waals surface area (Å²) in [6, 6.07) is 4.18. The zero-order valence-electron chi connectivity index (χ0n) is 24.6. The summed E-state index contributed by atoms with van der Waals surface area (Å²) in [6.45, 7) is 9.82. The molecule has 0 bridgehead atoms. The van der Waals surface area contributed by atoms with Gasteiger partial charge in [-0.2, -0.15) is 0 Å². The standard InChI is InChI=1S/C31H37ClN4O7/c1-16(2)19-10-9-18(4)31(40)21(19)13-17(3)25(41-29(38)36-12-11-33-15-36)26(31)42-27(37)23-14-30(39)20-7-6-8-22(32)24(20)35(5)43-28(30)34-23/h6-8,11-13,15,18-19,21,23,25-26,28,34,39-40H,1,9-10,14H2,2-5H3/t18-,19?,21-,23+,25-,26+,28-,30-,31-/m1/s1. The lowest BCUT2D eigenvalue weighted by Crippen LogP contribution is -2.66. The fourth-order valence-corrected chi connectivity index (χ4v) is 7.68. The Balaban J connectivity index is 1.34. The number of hydroxylamine groups is 1. The summed E-state index contributed by atoms with van der Waals surface area (Å²) in [5.41, 5.74) is -0.529. The van der Waals surface area contributed by atoms with Gasteiger partial charge in [0.05, 0.1) is 10.7 Å². The summed E-state index contributed by atoms with van der Waals surface area (Å²) in [5.74, 6) is -1.47. The van der Waals surface area contributed by atoms with Gasteiger partial charge in [-0.15, -0.1) is 0 Å². The number of hydrogen-bond donors (Lipinski definition) is 3. The number of ether oxygens (including phenoxy) is 2. The number of nitrogens with one attached hydrogen (secondary N) is 1. The van der Waals surface area contributed by atoms with E-state index in [0.29, 0.717) is 28.3 Å². The molecule has 1 saturated heterocycles. The van der Waals surface area contributed by atoms with Crippen molar-refractivity contribution in [3.63, 3.8) is 0 Å². The maximum Gasteiger partial charge on any atom is 0.419 e. The molecule has 0 radical (unpaired) electrons. The number of carbonyl (C=O) groups is 2. The molecule has 230 valence electrons. The molecule has 2 fully saturated rings. The van der Waals surface area contributed by atoms with Gasteiger partial charge in [-0.1, -0.05) is 48.9 Å². The van der Waals surface area contributed by atoms with Crippen molar-refractivity contribution in [1.29, 1.82) is 0 Å². The summed E-state index contributed by atoms with van der Waals surface area (Å²) in [4.78, 5) is 36.9. The molecule has 2 aliphatic heterocycles. The number of imidazole rings is 1. The van der Waals surface area contributed by atoms with Crippen molar-refractivity contribution in [3.05, 3.63) is 71.3 Å². The van der Waals surface area contributed by atoms with E-state index in [1.165, 1.54) is 28.4 Å². The Bertz CT molecular complexity index is 1480. The third kappa shape index (κ3) is 4.69. The van der Waals surface area contributed by atoms with Crippen LogP contribution >= 0.6 is 11.6 Å². The lowest BCUT2D eigenvalue weighted by molar-refractivity contribution is -0.215. The highest BCUT2D eigenvalue weighted by Gasteiger charge is 2.62. The molecule has 3 heterocycles. The minimum Gasteiger partial charge on any atom is -0.454 e. The van der Waals surface area contributed by atoms with Crippen molar-refractivity contribution in [1.82, 2.24) is 14.9 Å². The largest absolute Gasteiger partial charge is 0.454 e. The molecule has 0 amide bonds. The topological polar surface area (TPSA) is 135 Å². The molecule has 2 aromatic rings. The van der Waals surface area contributed by atoms with E-state index >= 15 is 0 Å². The first-order valence-corrected chi connectivity index (χ1v) is 14.9. The summed E-state index contributed by atoms with van der Waals surface area (Å²) in [6.07, 6.45) is 3.59. The van der Waals surface area contributed by atoms with Crippen LogP contribution in [0.4, 0.5) is 10.5 Å². The molecule has 4 aliphatic rings. The number of hydrogen-bond acceptors (Lipinski definition) is 10. The molecule has 6 rings (SSSR count). The number of nitrogens with zero attached hydrogens (tertiary/aromatic N) is 3. The SMILES string of the molecule is C=C(C)C1CC[C@@H](C)[C@@]2(O)[C@@H]1C=C(C)[C@@H](OC(=O)n1ccnc1)[C@@H]2OC(=O)[C@@H]1C[C@@]2(O)c3cccc(Cl)c3N(C)O[C@H]2N1. The molecule has 1 aromatic heterocycles. The Morgan fingerprint density at radius 3 is 2.72 bits per heavy atom. The molecule has 1 unspecified atom stereocenters. The van der Waals surface area contributed by atoms with Gasteiger partial charge in [0.25, 0.3) is 0 Å². The van der Waals surface area contributed by atoms with Crippen molar-refractivity contribution in [3.8, 4) is 0 Å². The number of aliphatic hydroxyl groups is 2. The highest BCUT2D eigenvalue weighted by molar-refractivity contribution is 6.33. The lowest BCUT2D eigenvalue weighted by atomic mass is 9.56. The van der Waals surface area contributed by atoms with Gasteiger partial charge in [0.15, 0.2) is 18.4 Å². The number of anilines is 1. The smallest absolute Gasteiger partial charge is 0.419 e. The molecule has 2 aliphatic carbocycles. The molecule has 11 nitrogen and oxygen atoms in total. The third-order valence-corrected chi connectivity index (χ3v) is 10.0. The predicted molar refractivity (Wildman–Crippen MR) is 157 cm³/mol.